The van der Waals surface area contributed by atoms with E-state index < -0.39 is 28.0 Å². The summed E-state index contributed by atoms with van der Waals surface area (Å²) >= 11 is 0. The van der Waals surface area contributed by atoms with Gasteiger partial charge in [0.25, 0.3) is 5.91 Å². The van der Waals surface area contributed by atoms with E-state index in [2.05, 4.69) is 10.0 Å². The predicted octanol–water partition coefficient (Wildman–Crippen LogP) is 1.06. The maximum atomic E-state index is 12.3. The highest BCUT2D eigenvalue weighted by Gasteiger charge is 2.23. The summed E-state index contributed by atoms with van der Waals surface area (Å²) in [6.45, 7) is 1.56. The van der Waals surface area contributed by atoms with Crippen LogP contribution in [0.2, 0.25) is 0 Å². The first-order valence-corrected chi connectivity index (χ1v) is 9.39. The van der Waals surface area contributed by atoms with Crippen LogP contribution in [0.4, 0.5) is 0 Å². The minimum atomic E-state index is -3.85. The predicted molar refractivity (Wildman–Crippen MR) is 94.7 cm³/mol. The van der Waals surface area contributed by atoms with Crippen LogP contribution in [0, 0.1) is 0 Å². The number of hydrogen-bond donors (Lipinski definition) is 2. The Kier molecular flexibility index (Phi) is 6.59. The molecule has 0 aliphatic heterocycles. The average Bonchev–Trinajstić information content (AvgIpc) is 3.18. The van der Waals surface area contributed by atoms with Gasteiger partial charge in [0, 0.05) is 0 Å². The van der Waals surface area contributed by atoms with Crippen molar-refractivity contribution in [3.63, 3.8) is 0 Å². The summed E-state index contributed by atoms with van der Waals surface area (Å²) in [5.41, 5.74) is -0.0321. The van der Waals surface area contributed by atoms with Gasteiger partial charge in [0.05, 0.1) is 25.5 Å². The van der Waals surface area contributed by atoms with Crippen molar-refractivity contribution in [1.82, 2.24) is 10.0 Å². The SMILES string of the molecule is CNS(=O)(=O)c1cc(C(=O)O[C@H](C)C(=O)NCc2ccco2)ccc1OC. The number of ether oxygens (including phenoxy) is 2. The topological polar surface area (TPSA) is 124 Å². The summed E-state index contributed by atoms with van der Waals surface area (Å²) in [6, 6.07) is 7.19. The molecule has 0 saturated heterocycles. The van der Waals surface area contributed by atoms with E-state index in [-0.39, 0.29) is 22.8 Å². The molecular weight excluding hydrogens is 376 g/mol. The molecule has 0 bridgehead atoms. The largest absolute Gasteiger partial charge is 0.495 e. The highest BCUT2D eigenvalue weighted by atomic mass is 32.2. The second-order valence-electron chi connectivity index (χ2n) is 5.42. The van der Waals surface area contributed by atoms with Crippen molar-refractivity contribution in [3.8, 4) is 5.75 Å². The number of amides is 1. The molecule has 2 rings (SSSR count). The quantitative estimate of drug-likeness (QED) is 0.639. The van der Waals surface area contributed by atoms with E-state index >= 15 is 0 Å². The second kappa shape index (κ2) is 8.69. The van der Waals surface area contributed by atoms with Crippen LogP contribution in [0.25, 0.3) is 0 Å². The van der Waals surface area contributed by atoms with Crippen LogP contribution < -0.4 is 14.8 Å². The van der Waals surface area contributed by atoms with E-state index in [9.17, 15) is 18.0 Å². The molecule has 146 valence electrons. The van der Waals surface area contributed by atoms with Crippen LogP contribution in [-0.4, -0.2) is 40.6 Å². The van der Waals surface area contributed by atoms with Gasteiger partial charge in [0.15, 0.2) is 6.10 Å². The first-order chi connectivity index (χ1) is 12.8. The molecule has 0 fully saturated rings. The third-order valence-corrected chi connectivity index (χ3v) is 5.06. The number of methoxy groups -OCH3 is 1. The van der Waals surface area contributed by atoms with Crippen molar-refractivity contribution < 1.29 is 31.9 Å². The Morgan fingerprint density at radius 2 is 2.00 bits per heavy atom. The Balaban J connectivity index is 2.08. The van der Waals surface area contributed by atoms with E-state index in [4.69, 9.17) is 13.9 Å². The fourth-order valence-electron chi connectivity index (χ4n) is 2.14. The van der Waals surface area contributed by atoms with Gasteiger partial charge in [-0.25, -0.2) is 17.9 Å². The molecule has 1 amide bonds. The molecular formula is C17H20N2O7S. The molecule has 1 heterocycles. The first-order valence-electron chi connectivity index (χ1n) is 7.91. The number of carbonyl (C=O) groups is 2. The zero-order valence-corrected chi connectivity index (χ0v) is 15.8. The minimum Gasteiger partial charge on any atom is -0.495 e. The number of esters is 1. The molecule has 0 saturated carbocycles. The van der Waals surface area contributed by atoms with Crippen LogP contribution in [0.15, 0.2) is 45.9 Å². The lowest BCUT2D eigenvalue weighted by Gasteiger charge is -2.14. The lowest BCUT2D eigenvalue weighted by atomic mass is 10.2. The Labute approximate surface area is 156 Å². The van der Waals surface area contributed by atoms with Crippen molar-refractivity contribution in [2.24, 2.45) is 0 Å². The number of nitrogens with one attached hydrogen (secondary N) is 2. The van der Waals surface area contributed by atoms with Gasteiger partial charge in [-0.2, -0.15) is 0 Å². The summed E-state index contributed by atoms with van der Waals surface area (Å²) in [7, 11) is -1.29. The second-order valence-corrected chi connectivity index (χ2v) is 7.27. The Morgan fingerprint density at radius 3 is 2.59 bits per heavy atom. The number of carbonyl (C=O) groups excluding carboxylic acids is 2. The van der Waals surface area contributed by atoms with Crippen molar-refractivity contribution in [3.05, 3.63) is 47.9 Å². The highest BCUT2D eigenvalue weighted by molar-refractivity contribution is 7.89. The first kappa shape index (κ1) is 20.5. The Morgan fingerprint density at radius 1 is 1.26 bits per heavy atom. The average molecular weight is 396 g/mol. The van der Waals surface area contributed by atoms with E-state index in [0.717, 1.165) is 6.07 Å². The fraction of sp³-hybridized carbons (Fsp3) is 0.294. The van der Waals surface area contributed by atoms with Crippen LogP contribution in [0.3, 0.4) is 0 Å². The molecule has 0 spiro atoms. The third kappa shape index (κ3) is 5.08. The zero-order valence-electron chi connectivity index (χ0n) is 15.0. The molecule has 10 heteroatoms. The molecule has 9 nitrogen and oxygen atoms in total. The van der Waals surface area contributed by atoms with Crippen LogP contribution in [0.5, 0.6) is 5.75 Å². The van der Waals surface area contributed by atoms with Gasteiger partial charge in [-0.3, -0.25) is 4.79 Å². The third-order valence-electron chi connectivity index (χ3n) is 3.63. The molecule has 1 aromatic carbocycles. The van der Waals surface area contributed by atoms with Gasteiger partial charge in [0.1, 0.15) is 16.4 Å². The molecule has 27 heavy (non-hydrogen) atoms. The minimum absolute atomic E-state index is 0.0321. The van der Waals surface area contributed by atoms with E-state index in [0.29, 0.717) is 5.76 Å². The van der Waals surface area contributed by atoms with Gasteiger partial charge in [0.2, 0.25) is 10.0 Å². The van der Waals surface area contributed by atoms with Gasteiger partial charge >= 0.3 is 5.97 Å². The monoisotopic (exact) mass is 396 g/mol. The zero-order chi connectivity index (χ0) is 20.0. The molecule has 0 radical (unpaired) electrons. The summed E-state index contributed by atoms with van der Waals surface area (Å²) in [5.74, 6) is -0.730. The summed E-state index contributed by atoms with van der Waals surface area (Å²) in [4.78, 5) is 24.1. The summed E-state index contributed by atoms with van der Waals surface area (Å²) in [5, 5.41) is 2.57. The van der Waals surface area contributed by atoms with Crippen LogP contribution in [-0.2, 0) is 26.1 Å². The molecule has 1 atom stereocenters. The number of sulfonamides is 1. The van der Waals surface area contributed by atoms with Crippen molar-refractivity contribution in [1.29, 1.82) is 0 Å². The fourth-order valence-corrected chi connectivity index (χ4v) is 3.06. The molecule has 0 aliphatic carbocycles. The van der Waals surface area contributed by atoms with Crippen molar-refractivity contribution >= 4 is 21.9 Å². The maximum absolute atomic E-state index is 12.3. The molecule has 1 aromatic heterocycles. The van der Waals surface area contributed by atoms with Gasteiger partial charge in [-0.05, 0) is 44.3 Å². The summed E-state index contributed by atoms with van der Waals surface area (Å²) < 4.78 is 41.5. The van der Waals surface area contributed by atoms with Gasteiger partial charge < -0.3 is 19.2 Å². The molecule has 0 unspecified atom stereocenters. The van der Waals surface area contributed by atoms with E-state index in [1.807, 2.05) is 0 Å². The standard InChI is InChI=1S/C17H20N2O7S/c1-11(16(20)19-10-13-5-4-8-25-13)26-17(21)12-6-7-14(24-3)15(9-12)27(22,23)18-2/h4-9,11,18H,10H2,1-3H3,(H,19,20)/t11-/m1/s1. The smallest absolute Gasteiger partial charge is 0.338 e. The van der Waals surface area contributed by atoms with Crippen molar-refractivity contribution in [2.75, 3.05) is 14.2 Å². The molecule has 2 aromatic rings. The molecule has 2 N–H and O–H groups in total. The number of benzene rings is 1. The maximum Gasteiger partial charge on any atom is 0.338 e. The number of furan rings is 1. The van der Waals surface area contributed by atoms with Gasteiger partial charge in [-0.1, -0.05) is 0 Å². The van der Waals surface area contributed by atoms with E-state index in [1.165, 1.54) is 39.5 Å². The van der Waals surface area contributed by atoms with Crippen molar-refractivity contribution in [2.45, 2.75) is 24.5 Å². The van der Waals surface area contributed by atoms with E-state index in [1.54, 1.807) is 12.1 Å². The lowest BCUT2D eigenvalue weighted by Crippen LogP contribution is -2.35. The Hall–Kier alpha value is -2.85. The van der Waals surface area contributed by atoms with Crippen LogP contribution in [0.1, 0.15) is 23.0 Å². The lowest BCUT2D eigenvalue weighted by molar-refractivity contribution is -0.129. The number of hydrogen-bond acceptors (Lipinski definition) is 7. The van der Waals surface area contributed by atoms with Gasteiger partial charge in [-0.15, -0.1) is 0 Å². The number of rotatable bonds is 8. The molecule has 0 aliphatic rings. The van der Waals surface area contributed by atoms with Crippen LogP contribution >= 0.6 is 0 Å². The Bertz CT molecular complexity index is 907. The highest BCUT2D eigenvalue weighted by Crippen LogP contribution is 2.25. The normalized spacial score (nSPS) is 12.3. The summed E-state index contributed by atoms with van der Waals surface area (Å²) in [6.07, 6.45) is 0.393.